The van der Waals surface area contributed by atoms with Gasteiger partial charge in [-0.15, -0.1) is 0 Å². The van der Waals surface area contributed by atoms with Crippen molar-refractivity contribution in [2.45, 2.75) is 0 Å². The maximum absolute atomic E-state index is 12.6. The Morgan fingerprint density at radius 1 is 1.20 bits per heavy atom. The highest BCUT2D eigenvalue weighted by Crippen LogP contribution is 2.38. The van der Waals surface area contributed by atoms with Crippen molar-refractivity contribution < 1.29 is 14.3 Å². The SMILES string of the molecule is O=C(Nc1nc2cc3c(cc2s1)OCCO3)c1cccc2cn[nH]c12. The average molecular weight is 352 g/mol. The smallest absolute Gasteiger partial charge is 0.259 e. The van der Waals surface area contributed by atoms with Crippen LogP contribution in [0.4, 0.5) is 5.13 Å². The monoisotopic (exact) mass is 352 g/mol. The van der Waals surface area contributed by atoms with Crippen LogP contribution in [0.2, 0.25) is 0 Å². The minimum atomic E-state index is -0.230. The third-order valence-corrected chi connectivity index (χ3v) is 4.93. The van der Waals surface area contributed by atoms with Crippen molar-refractivity contribution >= 4 is 43.5 Å². The first-order chi connectivity index (χ1) is 12.3. The molecule has 0 saturated heterocycles. The summed E-state index contributed by atoms with van der Waals surface area (Å²) in [4.78, 5) is 17.1. The number of thiazole rings is 1. The second kappa shape index (κ2) is 5.45. The molecule has 0 spiro atoms. The number of anilines is 1. The van der Waals surface area contributed by atoms with E-state index in [1.54, 1.807) is 12.3 Å². The summed E-state index contributed by atoms with van der Waals surface area (Å²) >= 11 is 1.40. The normalized spacial score (nSPS) is 13.3. The van der Waals surface area contributed by atoms with Gasteiger partial charge in [-0.05, 0) is 6.07 Å². The van der Waals surface area contributed by atoms with Crippen LogP contribution in [0.15, 0.2) is 36.5 Å². The molecule has 0 unspecified atom stereocenters. The van der Waals surface area contributed by atoms with Crippen LogP contribution in [0.3, 0.4) is 0 Å². The molecule has 5 rings (SSSR count). The summed E-state index contributed by atoms with van der Waals surface area (Å²) in [5.41, 5.74) is 2.00. The minimum Gasteiger partial charge on any atom is -0.486 e. The summed E-state index contributed by atoms with van der Waals surface area (Å²) in [5.74, 6) is 1.16. The first-order valence-electron chi connectivity index (χ1n) is 7.71. The van der Waals surface area contributed by atoms with Gasteiger partial charge in [-0.25, -0.2) is 4.98 Å². The Morgan fingerprint density at radius 3 is 2.92 bits per heavy atom. The Bertz CT molecular complexity index is 1070. The van der Waals surface area contributed by atoms with Crippen molar-refractivity contribution in [2.75, 3.05) is 18.5 Å². The molecule has 7 nitrogen and oxygen atoms in total. The summed E-state index contributed by atoms with van der Waals surface area (Å²) in [6.07, 6.45) is 1.69. The topological polar surface area (TPSA) is 89.1 Å². The van der Waals surface area contributed by atoms with Gasteiger partial charge in [0.2, 0.25) is 0 Å². The van der Waals surface area contributed by atoms with Gasteiger partial charge in [0.15, 0.2) is 16.6 Å². The van der Waals surface area contributed by atoms with Crippen LogP contribution in [0.25, 0.3) is 21.1 Å². The van der Waals surface area contributed by atoms with Gasteiger partial charge >= 0.3 is 0 Å². The van der Waals surface area contributed by atoms with Crippen molar-refractivity contribution in [3.63, 3.8) is 0 Å². The second-order valence-corrected chi connectivity index (χ2v) is 6.61. The van der Waals surface area contributed by atoms with E-state index in [9.17, 15) is 4.79 Å². The number of H-pyrrole nitrogens is 1. The quantitative estimate of drug-likeness (QED) is 0.578. The number of nitrogens with one attached hydrogen (secondary N) is 2. The number of carbonyl (C=O) groups is 1. The van der Waals surface area contributed by atoms with Gasteiger partial charge in [0.05, 0.1) is 27.5 Å². The summed E-state index contributed by atoms with van der Waals surface area (Å²) in [5, 5.41) is 11.1. The van der Waals surface area contributed by atoms with Crippen molar-refractivity contribution in [1.29, 1.82) is 0 Å². The molecular weight excluding hydrogens is 340 g/mol. The van der Waals surface area contributed by atoms with E-state index in [1.165, 1.54) is 11.3 Å². The number of nitrogens with zero attached hydrogens (tertiary/aromatic N) is 2. The second-order valence-electron chi connectivity index (χ2n) is 5.58. The Labute approximate surface area is 145 Å². The van der Waals surface area contributed by atoms with E-state index in [-0.39, 0.29) is 5.91 Å². The molecule has 0 atom stereocenters. The van der Waals surface area contributed by atoms with Gasteiger partial charge in [0.25, 0.3) is 5.91 Å². The van der Waals surface area contributed by atoms with Crippen molar-refractivity contribution in [1.82, 2.24) is 15.2 Å². The van der Waals surface area contributed by atoms with Crippen LogP contribution in [0.1, 0.15) is 10.4 Å². The number of hydrogen-bond acceptors (Lipinski definition) is 6. The van der Waals surface area contributed by atoms with Crippen molar-refractivity contribution in [3.05, 3.63) is 42.1 Å². The molecule has 25 heavy (non-hydrogen) atoms. The molecule has 1 aliphatic heterocycles. The standard InChI is InChI=1S/C17H12N4O3S/c22-16(10-3-1-2-9-8-18-21-15(9)10)20-17-19-11-6-12-13(7-14(11)25-17)24-5-4-23-12/h1-3,6-8H,4-5H2,(H,18,21)(H,19,20,22). The average Bonchev–Trinajstić information content (AvgIpc) is 3.25. The number of rotatable bonds is 2. The molecule has 8 heteroatoms. The zero-order chi connectivity index (χ0) is 16.8. The van der Waals surface area contributed by atoms with Crippen LogP contribution in [-0.2, 0) is 0 Å². The molecule has 124 valence electrons. The van der Waals surface area contributed by atoms with Crippen molar-refractivity contribution in [3.8, 4) is 11.5 Å². The zero-order valence-corrected chi connectivity index (χ0v) is 13.7. The fourth-order valence-corrected chi connectivity index (χ4v) is 3.71. The van der Waals surface area contributed by atoms with Gasteiger partial charge in [-0.3, -0.25) is 15.2 Å². The van der Waals surface area contributed by atoms with E-state index in [0.29, 0.717) is 40.9 Å². The molecule has 0 bridgehead atoms. The summed E-state index contributed by atoms with van der Waals surface area (Å²) in [7, 11) is 0. The van der Waals surface area contributed by atoms with E-state index in [4.69, 9.17) is 9.47 Å². The number of benzene rings is 2. The Balaban J connectivity index is 1.49. The molecule has 0 radical (unpaired) electrons. The molecule has 1 amide bonds. The molecular formula is C17H12N4O3S. The van der Waals surface area contributed by atoms with E-state index in [1.807, 2.05) is 24.3 Å². The number of aromatic nitrogens is 3. The molecule has 2 aromatic heterocycles. The largest absolute Gasteiger partial charge is 0.486 e. The number of ether oxygens (including phenoxy) is 2. The predicted molar refractivity (Wildman–Crippen MR) is 94.7 cm³/mol. The predicted octanol–water partition coefficient (Wildman–Crippen LogP) is 3.20. The van der Waals surface area contributed by atoms with Gasteiger partial charge in [0, 0.05) is 17.5 Å². The lowest BCUT2D eigenvalue weighted by atomic mass is 10.1. The summed E-state index contributed by atoms with van der Waals surface area (Å²) in [6.45, 7) is 1.06. The van der Waals surface area contributed by atoms with Crippen LogP contribution in [0, 0.1) is 0 Å². The van der Waals surface area contributed by atoms with Gasteiger partial charge in [-0.2, -0.15) is 5.10 Å². The molecule has 0 aliphatic carbocycles. The lowest BCUT2D eigenvalue weighted by Gasteiger charge is -2.17. The van der Waals surface area contributed by atoms with Crippen LogP contribution in [0.5, 0.6) is 11.5 Å². The highest BCUT2D eigenvalue weighted by Gasteiger charge is 2.17. The first-order valence-corrected chi connectivity index (χ1v) is 8.53. The van der Waals surface area contributed by atoms with Gasteiger partial charge in [0.1, 0.15) is 13.2 Å². The number of aromatic amines is 1. The fraction of sp³-hybridized carbons (Fsp3) is 0.118. The Hall–Kier alpha value is -3.13. The molecule has 4 aromatic rings. The highest BCUT2D eigenvalue weighted by atomic mass is 32.1. The number of amides is 1. The van der Waals surface area contributed by atoms with Crippen LogP contribution < -0.4 is 14.8 Å². The number of hydrogen-bond donors (Lipinski definition) is 2. The lowest BCUT2D eigenvalue weighted by Crippen LogP contribution is -2.15. The van der Waals surface area contributed by atoms with Crippen molar-refractivity contribution in [2.24, 2.45) is 0 Å². The third kappa shape index (κ3) is 2.38. The molecule has 2 N–H and O–H groups in total. The number of para-hydroxylation sites is 1. The van der Waals surface area contributed by atoms with Gasteiger partial charge < -0.3 is 9.47 Å². The molecule has 2 aromatic carbocycles. The Morgan fingerprint density at radius 2 is 2.04 bits per heavy atom. The number of carbonyl (C=O) groups excluding carboxylic acids is 1. The van der Waals surface area contributed by atoms with E-state index < -0.39 is 0 Å². The fourth-order valence-electron chi connectivity index (χ4n) is 2.84. The Kier molecular flexibility index (Phi) is 3.10. The highest BCUT2D eigenvalue weighted by molar-refractivity contribution is 7.22. The summed E-state index contributed by atoms with van der Waals surface area (Å²) < 4.78 is 12.1. The molecule has 3 heterocycles. The lowest BCUT2D eigenvalue weighted by molar-refractivity contribution is 0.102. The van der Waals surface area contributed by atoms with Crippen LogP contribution in [-0.4, -0.2) is 34.3 Å². The third-order valence-electron chi connectivity index (χ3n) is 3.99. The summed E-state index contributed by atoms with van der Waals surface area (Å²) in [6, 6.07) is 9.22. The first kappa shape index (κ1) is 14.2. The molecule has 1 aliphatic rings. The number of fused-ring (bicyclic) bond motifs is 3. The molecule has 0 saturated carbocycles. The van der Waals surface area contributed by atoms with E-state index in [2.05, 4.69) is 20.5 Å². The van der Waals surface area contributed by atoms with Crippen LogP contribution >= 0.6 is 11.3 Å². The van der Waals surface area contributed by atoms with E-state index in [0.717, 1.165) is 15.6 Å². The van der Waals surface area contributed by atoms with Gasteiger partial charge in [-0.1, -0.05) is 23.5 Å². The minimum absolute atomic E-state index is 0.230. The maximum atomic E-state index is 12.6. The molecule has 0 fully saturated rings. The van der Waals surface area contributed by atoms with E-state index >= 15 is 0 Å². The maximum Gasteiger partial charge on any atom is 0.259 e. The zero-order valence-electron chi connectivity index (χ0n) is 12.9.